The third-order valence-electron chi connectivity index (χ3n) is 7.06. The number of hydrogen-bond donors (Lipinski definition) is 2. The predicted molar refractivity (Wildman–Crippen MR) is 154 cm³/mol. The summed E-state index contributed by atoms with van der Waals surface area (Å²) in [6.07, 6.45) is 4.21. The van der Waals surface area contributed by atoms with E-state index in [1.54, 1.807) is 18.3 Å². The number of aromatic nitrogens is 1. The molecule has 1 amide bonds. The van der Waals surface area contributed by atoms with Crippen LogP contribution in [0.25, 0.3) is 0 Å². The topological polar surface area (TPSA) is 123 Å². The van der Waals surface area contributed by atoms with Crippen LogP contribution in [0.5, 0.6) is 11.5 Å². The molecule has 2 heterocycles. The lowest BCUT2D eigenvalue weighted by molar-refractivity contribution is -0.117. The maximum atomic E-state index is 13.5. The number of benzene rings is 1. The van der Waals surface area contributed by atoms with Gasteiger partial charge in [-0.05, 0) is 72.3 Å². The van der Waals surface area contributed by atoms with Gasteiger partial charge in [-0.15, -0.1) is 0 Å². The molecule has 9 nitrogen and oxygen atoms in total. The summed E-state index contributed by atoms with van der Waals surface area (Å²) in [7, 11) is 1.28. The number of pyridine rings is 1. The number of halogens is 1. The number of carbonyl (C=O) groups is 2. The van der Waals surface area contributed by atoms with E-state index in [1.165, 1.54) is 7.11 Å². The van der Waals surface area contributed by atoms with Crippen molar-refractivity contribution in [3.8, 4) is 17.6 Å². The molecule has 210 valence electrons. The Hall–Kier alpha value is -3.84. The van der Waals surface area contributed by atoms with Crippen LogP contribution in [0.1, 0.15) is 63.5 Å². The highest BCUT2D eigenvalue weighted by Gasteiger charge is 2.39. The number of nitrogens with zero attached hydrogens (tertiary/aromatic N) is 2. The van der Waals surface area contributed by atoms with E-state index in [0.717, 1.165) is 36.2 Å². The van der Waals surface area contributed by atoms with Crippen molar-refractivity contribution in [1.82, 2.24) is 10.3 Å². The highest BCUT2D eigenvalue weighted by molar-refractivity contribution is 9.10. The van der Waals surface area contributed by atoms with Crippen molar-refractivity contribution in [1.29, 1.82) is 5.26 Å². The Labute approximate surface area is 242 Å². The van der Waals surface area contributed by atoms with Gasteiger partial charge in [0.25, 0.3) is 0 Å². The molecule has 10 heteroatoms. The normalized spacial score (nSPS) is 18.4. The van der Waals surface area contributed by atoms with Gasteiger partial charge in [-0.3, -0.25) is 10.1 Å². The zero-order valence-corrected chi connectivity index (χ0v) is 24.7. The SMILES string of the molecule is CCCC1CC(=O)C2=C(C1)NC(C)=C(C#N)C2c1cc(Br)c(OCc2cccnc2NC(=O)OC)c(OCC)c1. The second-order valence-electron chi connectivity index (χ2n) is 9.77. The number of nitriles is 1. The van der Waals surface area contributed by atoms with Crippen molar-refractivity contribution in [2.24, 2.45) is 5.92 Å². The molecule has 2 unspecified atom stereocenters. The van der Waals surface area contributed by atoms with E-state index in [2.05, 4.69) is 49.3 Å². The van der Waals surface area contributed by atoms with E-state index in [4.69, 9.17) is 9.47 Å². The first-order chi connectivity index (χ1) is 19.3. The van der Waals surface area contributed by atoms with E-state index in [0.29, 0.717) is 57.4 Å². The molecule has 0 spiro atoms. The summed E-state index contributed by atoms with van der Waals surface area (Å²) in [4.78, 5) is 29.4. The standard InChI is InChI=1S/C30H33BrN4O5/c1-5-8-18-11-23-27(24(36)12-18)26(21(15-32)17(3)34-23)20-13-22(31)28(25(14-20)39-6-2)40-16-19-9-7-10-33-29(19)35-30(37)38-4/h7,9-10,13-14,18,26,34H,5-6,8,11-12,16H2,1-4H3,(H,33,35,37). The Bertz CT molecular complexity index is 1410. The average Bonchev–Trinajstić information content (AvgIpc) is 2.92. The molecule has 0 radical (unpaired) electrons. The molecule has 2 N–H and O–H groups in total. The fourth-order valence-electron chi connectivity index (χ4n) is 5.34. The van der Waals surface area contributed by atoms with Crippen LogP contribution < -0.4 is 20.1 Å². The van der Waals surface area contributed by atoms with Gasteiger partial charge in [-0.1, -0.05) is 19.4 Å². The Morgan fingerprint density at radius 3 is 2.77 bits per heavy atom. The smallest absolute Gasteiger partial charge is 0.412 e. The van der Waals surface area contributed by atoms with E-state index in [9.17, 15) is 14.9 Å². The molecule has 40 heavy (non-hydrogen) atoms. The Morgan fingerprint density at radius 2 is 2.08 bits per heavy atom. The van der Waals surface area contributed by atoms with Crippen LogP contribution in [-0.2, 0) is 16.1 Å². The molecule has 0 saturated carbocycles. The Kier molecular flexibility index (Phi) is 9.48. The van der Waals surface area contributed by atoms with Crippen LogP contribution in [0.2, 0.25) is 0 Å². The minimum Gasteiger partial charge on any atom is -0.490 e. The van der Waals surface area contributed by atoms with Crippen molar-refractivity contribution >= 4 is 33.6 Å². The number of rotatable bonds is 9. The van der Waals surface area contributed by atoms with Crippen molar-refractivity contribution < 1.29 is 23.8 Å². The van der Waals surface area contributed by atoms with Gasteiger partial charge in [0.15, 0.2) is 17.3 Å². The molecule has 0 saturated heterocycles. The lowest BCUT2D eigenvalue weighted by atomic mass is 9.72. The first-order valence-electron chi connectivity index (χ1n) is 13.3. The van der Waals surface area contributed by atoms with Gasteiger partial charge in [0.2, 0.25) is 0 Å². The lowest BCUT2D eigenvalue weighted by Crippen LogP contribution is -2.34. The van der Waals surface area contributed by atoms with Gasteiger partial charge >= 0.3 is 6.09 Å². The number of anilines is 1. The molecular formula is C30H33BrN4O5. The maximum absolute atomic E-state index is 13.5. The highest BCUT2D eigenvalue weighted by atomic mass is 79.9. The third-order valence-corrected chi connectivity index (χ3v) is 7.65. The summed E-state index contributed by atoms with van der Waals surface area (Å²) in [5.41, 5.74) is 4.24. The number of allylic oxidation sites excluding steroid dienone is 4. The number of dihydropyridines is 1. The van der Waals surface area contributed by atoms with Crippen molar-refractivity contribution in [3.63, 3.8) is 0 Å². The molecule has 4 rings (SSSR count). The molecule has 2 aromatic rings. The van der Waals surface area contributed by atoms with Gasteiger partial charge in [0.1, 0.15) is 12.4 Å². The van der Waals surface area contributed by atoms with Crippen molar-refractivity contribution in [2.75, 3.05) is 19.0 Å². The monoisotopic (exact) mass is 608 g/mol. The van der Waals surface area contributed by atoms with Crippen LogP contribution in [0, 0.1) is 17.2 Å². The van der Waals surface area contributed by atoms with Crippen LogP contribution in [0.3, 0.4) is 0 Å². The molecule has 2 atom stereocenters. The number of hydrogen-bond acceptors (Lipinski definition) is 8. The summed E-state index contributed by atoms with van der Waals surface area (Å²) < 4.78 is 17.5. The fourth-order valence-corrected chi connectivity index (χ4v) is 5.91. The Balaban J connectivity index is 1.71. The summed E-state index contributed by atoms with van der Waals surface area (Å²) in [5.74, 6) is 1.13. The van der Waals surface area contributed by atoms with E-state index in [-0.39, 0.29) is 12.4 Å². The third kappa shape index (κ3) is 6.15. The van der Waals surface area contributed by atoms with Crippen LogP contribution in [0.4, 0.5) is 10.6 Å². The highest BCUT2D eigenvalue weighted by Crippen LogP contribution is 2.47. The first kappa shape index (κ1) is 29.2. The second-order valence-corrected chi connectivity index (χ2v) is 10.6. The zero-order chi connectivity index (χ0) is 28.8. The van der Waals surface area contributed by atoms with Gasteiger partial charge in [0.05, 0.1) is 35.7 Å². The molecule has 2 aliphatic rings. The van der Waals surface area contributed by atoms with Crippen molar-refractivity contribution in [2.45, 2.75) is 59.0 Å². The lowest BCUT2D eigenvalue weighted by Gasteiger charge is -2.35. The second kappa shape index (κ2) is 13.0. The minimum absolute atomic E-state index is 0.0778. The number of methoxy groups -OCH3 is 1. The van der Waals surface area contributed by atoms with E-state index >= 15 is 0 Å². The van der Waals surface area contributed by atoms with Gasteiger partial charge in [-0.25, -0.2) is 9.78 Å². The number of nitrogens with one attached hydrogen (secondary N) is 2. The molecule has 0 fully saturated rings. The molecule has 1 aliphatic carbocycles. The minimum atomic E-state index is -0.633. The average molecular weight is 610 g/mol. The Morgan fingerprint density at radius 1 is 1.27 bits per heavy atom. The van der Waals surface area contributed by atoms with Crippen LogP contribution in [0.15, 0.2) is 57.5 Å². The number of amides is 1. The largest absolute Gasteiger partial charge is 0.490 e. The van der Waals surface area contributed by atoms with Gasteiger partial charge in [-0.2, -0.15) is 5.26 Å². The molecule has 1 aromatic heterocycles. The number of Topliss-reactive ketones (excluding diaryl/α,β-unsaturated/α-hetero) is 1. The first-order valence-corrected chi connectivity index (χ1v) is 14.1. The summed E-state index contributed by atoms with van der Waals surface area (Å²) in [6, 6.07) is 9.60. The molecular weight excluding hydrogens is 576 g/mol. The maximum Gasteiger partial charge on any atom is 0.412 e. The number of ether oxygens (including phenoxy) is 3. The summed E-state index contributed by atoms with van der Waals surface area (Å²) in [6.45, 7) is 6.36. The van der Waals surface area contributed by atoms with Gasteiger partial charge < -0.3 is 19.5 Å². The van der Waals surface area contributed by atoms with Crippen LogP contribution in [-0.4, -0.2) is 30.6 Å². The molecule has 1 aromatic carbocycles. The fraction of sp³-hybridized carbons (Fsp3) is 0.400. The van der Waals surface area contributed by atoms with E-state index in [1.807, 2.05) is 26.0 Å². The summed E-state index contributed by atoms with van der Waals surface area (Å²) in [5, 5.41) is 16.1. The number of carbonyl (C=O) groups excluding carboxylic acids is 2. The van der Waals surface area contributed by atoms with E-state index < -0.39 is 12.0 Å². The zero-order valence-electron chi connectivity index (χ0n) is 23.1. The number of ketones is 1. The molecule has 1 aliphatic heterocycles. The molecule has 0 bridgehead atoms. The van der Waals surface area contributed by atoms with Crippen molar-refractivity contribution in [3.05, 3.63) is 68.6 Å². The van der Waals surface area contributed by atoms with Gasteiger partial charge in [0, 0.05) is 35.1 Å². The van der Waals surface area contributed by atoms with Crippen LogP contribution >= 0.6 is 15.9 Å². The quantitative estimate of drug-likeness (QED) is 0.330. The predicted octanol–water partition coefficient (Wildman–Crippen LogP) is 6.52. The summed E-state index contributed by atoms with van der Waals surface area (Å²) >= 11 is 3.64.